The second-order valence-corrected chi connectivity index (χ2v) is 4.72. The molecule has 4 nitrogen and oxygen atoms in total. The predicted octanol–water partition coefficient (Wildman–Crippen LogP) is 2.31. The Morgan fingerprint density at radius 2 is 1.84 bits per heavy atom. The number of rotatable bonds is 5. The molecule has 0 amide bonds. The summed E-state index contributed by atoms with van der Waals surface area (Å²) in [5.41, 5.74) is 4.37. The first-order chi connectivity index (χ1) is 9.11. The highest BCUT2D eigenvalue weighted by Gasteiger charge is 2.07. The van der Waals surface area contributed by atoms with Gasteiger partial charge >= 0.3 is 0 Å². The topological polar surface area (TPSA) is 47.3 Å². The second kappa shape index (κ2) is 5.99. The Morgan fingerprint density at radius 3 is 2.47 bits per heavy atom. The molecule has 0 aliphatic rings. The van der Waals surface area contributed by atoms with Crippen LogP contribution in [-0.2, 0) is 11.3 Å². The van der Waals surface area contributed by atoms with E-state index in [4.69, 9.17) is 9.84 Å². The zero-order chi connectivity index (χ0) is 13.8. The lowest BCUT2D eigenvalue weighted by Crippen LogP contribution is -2.06. The summed E-state index contributed by atoms with van der Waals surface area (Å²) in [7, 11) is 0. The lowest BCUT2D eigenvalue weighted by molar-refractivity contribution is 0.0797. The number of nitrogens with zero attached hydrogens (tertiary/aromatic N) is 2. The summed E-state index contributed by atoms with van der Waals surface area (Å²) in [4.78, 5) is 4.63. The first-order valence-corrected chi connectivity index (χ1v) is 6.43. The summed E-state index contributed by atoms with van der Waals surface area (Å²) in [5.74, 6) is 0.919. The van der Waals surface area contributed by atoms with Gasteiger partial charge in [0.05, 0.1) is 25.5 Å². The maximum absolute atomic E-state index is 8.73. The number of aliphatic hydroxyl groups excluding tert-OH is 1. The molecule has 0 unspecified atom stereocenters. The third kappa shape index (κ3) is 3.22. The minimum absolute atomic E-state index is 0.0362. The molecule has 2 aromatic rings. The summed E-state index contributed by atoms with van der Waals surface area (Å²) in [6, 6.07) is 8.24. The molecule has 0 aliphatic carbocycles. The zero-order valence-corrected chi connectivity index (χ0v) is 11.7. The van der Waals surface area contributed by atoms with Gasteiger partial charge in [-0.3, -0.25) is 0 Å². The van der Waals surface area contributed by atoms with Crippen LogP contribution in [0.2, 0.25) is 0 Å². The fraction of sp³-hybridized carbons (Fsp3) is 0.400. The molecule has 4 heteroatoms. The number of ether oxygens (including phenoxy) is 1. The number of aromatic nitrogens is 2. The standard InChI is InChI=1S/C15H20N2O2/c1-11-8-14(10-19-7-6-18)16-15(9-11)17-12(2)4-5-13(17)3/h4-5,8-9,18H,6-7,10H2,1-3H3. The highest BCUT2D eigenvalue weighted by atomic mass is 16.5. The lowest BCUT2D eigenvalue weighted by Gasteiger charge is -2.11. The molecule has 0 aromatic carbocycles. The smallest absolute Gasteiger partial charge is 0.137 e. The Kier molecular flexibility index (Phi) is 4.35. The SMILES string of the molecule is Cc1cc(COCCO)nc(-n2c(C)ccc2C)c1. The van der Waals surface area contributed by atoms with Crippen molar-refractivity contribution >= 4 is 0 Å². The van der Waals surface area contributed by atoms with Crippen LogP contribution >= 0.6 is 0 Å². The third-order valence-corrected chi connectivity index (χ3v) is 3.00. The number of pyridine rings is 1. The molecule has 0 spiro atoms. The fourth-order valence-corrected chi connectivity index (χ4v) is 2.18. The van der Waals surface area contributed by atoms with E-state index in [2.05, 4.69) is 48.5 Å². The average Bonchev–Trinajstić information content (AvgIpc) is 2.69. The summed E-state index contributed by atoms with van der Waals surface area (Å²) in [5, 5.41) is 8.73. The van der Waals surface area contributed by atoms with Crippen molar-refractivity contribution in [2.75, 3.05) is 13.2 Å². The predicted molar refractivity (Wildman–Crippen MR) is 74.5 cm³/mol. The van der Waals surface area contributed by atoms with Crippen molar-refractivity contribution in [3.63, 3.8) is 0 Å². The first-order valence-electron chi connectivity index (χ1n) is 6.43. The Balaban J connectivity index is 2.31. The Bertz CT molecular complexity index is 542. The van der Waals surface area contributed by atoms with E-state index in [9.17, 15) is 0 Å². The van der Waals surface area contributed by atoms with Crippen LogP contribution in [0.25, 0.3) is 5.82 Å². The van der Waals surface area contributed by atoms with E-state index >= 15 is 0 Å². The molecule has 102 valence electrons. The van der Waals surface area contributed by atoms with Crippen LogP contribution in [-0.4, -0.2) is 27.9 Å². The van der Waals surface area contributed by atoms with Crippen LogP contribution in [0.3, 0.4) is 0 Å². The van der Waals surface area contributed by atoms with Gasteiger partial charge in [-0.15, -0.1) is 0 Å². The minimum Gasteiger partial charge on any atom is -0.394 e. The Labute approximate surface area is 113 Å². The molecule has 0 saturated heterocycles. The van der Waals surface area contributed by atoms with Gasteiger partial charge in [-0.2, -0.15) is 0 Å². The molecule has 2 heterocycles. The molecule has 0 radical (unpaired) electrons. The van der Waals surface area contributed by atoms with Gasteiger partial charge in [0.25, 0.3) is 0 Å². The number of aryl methyl sites for hydroxylation is 3. The third-order valence-electron chi connectivity index (χ3n) is 3.00. The summed E-state index contributed by atoms with van der Waals surface area (Å²) in [6.07, 6.45) is 0. The van der Waals surface area contributed by atoms with Crippen molar-refractivity contribution in [2.45, 2.75) is 27.4 Å². The molecule has 0 fully saturated rings. The van der Waals surface area contributed by atoms with Gasteiger partial charge in [-0.05, 0) is 50.6 Å². The van der Waals surface area contributed by atoms with E-state index in [0.717, 1.165) is 28.5 Å². The molecular formula is C15H20N2O2. The van der Waals surface area contributed by atoms with E-state index in [1.54, 1.807) is 0 Å². The van der Waals surface area contributed by atoms with Crippen molar-refractivity contribution in [1.29, 1.82) is 0 Å². The lowest BCUT2D eigenvalue weighted by atomic mass is 10.2. The van der Waals surface area contributed by atoms with Crippen LogP contribution in [0.15, 0.2) is 24.3 Å². The highest BCUT2D eigenvalue weighted by Crippen LogP contribution is 2.16. The van der Waals surface area contributed by atoms with Crippen molar-refractivity contribution in [3.8, 4) is 5.82 Å². The molecule has 19 heavy (non-hydrogen) atoms. The molecular weight excluding hydrogens is 240 g/mol. The van der Waals surface area contributed by atoms with E-state index < -0.39 is 0 Å². The van der Waals surface area contributed by atoms with Gasteiger partial charge in [0.2, 0.25) is 0 Å². The first kappa shape index (κ1) is 13.8. The second-order valence-electron chi connectivity index (χ2n) is 4.72. The van der Waals surface area contributed by atoms with E-state index in [0.29, 0.717) is 13.2 Å². The molecule has 1 N–H and O–H groups in total. The summed E-state index contributed by atoms with van der Waals surface area (Å²) in [6.45, 7) is 6.99. The van der Waals surface area contributed by atoms with Gasteiger partial charge in [0, 0.05) is 11.4 Å². The van der Waals surface area contributed by atoms with E-state index in [-0.39, 0.29) is 6.61 Å². The minimum atomic E-state index is 0.0362. The molecule has 2 aromatic heterocycles. The monoisotopic (exact) mass is 260 g/mol. The van der Waals surface area contributed by atoms with Gasteiger partial charge in [-0.25, -0.2) is 4.98 Å². The molecule has 0 atom stereocenters. The van der Waals surface area contributed by atoms with Gasteiger partial charge < -0.3 is 14.4 Å². The van der Waals surface area contributed by atoms with Crippen LogP contribution in [0, 0.1) is 20.8 Å². The number of hydrogen-bond acceptors (Lipinski definition) is 3. The van der Waals surface area contributed by atoms with Crippen molar-refractivity contribution in [3.05, 3.63) is 46.9 Å². The summed E-state index contributed by atoms with van der Waals surface area (Å²) >= 11 is 0. The fourth-order valence-electron chi connectivity index (χ4n) is 2.18. The highest BCUT2D eigenvalue weighted by molar-refractivity contribution is 5.35. The molecule has 2 rings (SSSR count). The number of aliphatic hydroxyl groups is 1. The van der Waals surface area contributed by atoms with Crippen molar-refractivity contribution in [2.24, 2.45) is 0 Å². The Morgan fingerprint density at radius 1 is 1.16 bits per heavy atom. The largest absolute Gasteiger partial charge is 0.394 e. The Hall–Kier alpha value is -1.65. The average molecular weight is 260 g/mol. The van der Waals surface area contributed by atoms with Crippen LogP contribution in [0.4, 0.5) is 0 Å². The maximum atomic E-state index is 8.73. The van der Waals surface area contributed by atoms with Crippen LogP contribution in [0.1, 0.15) is 22.6 Å². The number of hydrogen-bond donors (Lipinski definition) is 1. The van der Waals surface area contributed by atoms with Gasteiger partial charge in [-0.1, -0.05) is 0 Å². The van der Waals surface area contributed by atoms with E-state index in [1.165, 1.54) is 0 Å². The maximum Gasteiger partial charge on any atom is 0.137 e. The van der Waals surface area contributed by atoms with Gasteiger partial charge in [0.15, 0.2) is 0 Å². The van der Waals surface area contributed by atoms with Crippen molar-refractivity contribution in [1.82, 2.24) is 9.55 Å². The molecule has 0 bridgehead atoms. The van der Waals surface area contributed by atoms with Crippen LogP contribution < -0.4 is 0 Å². The van der Waals surface area contributed by atoms with Crippen LogP contribution in [0.5, 0.6) is 0 Å². The zero-order valence-electron chi connectivity index (χ0n) is 11.7. The quantitative estimate of drug-likeness (QED) is 0.839. The summed E-state index contributed by atoms with van der Waals surface area (Å²) < 4.78 is 7.46. The van der Waals surface area contributed by atoms with E-state index in [1.807, 2.05) is 6.07 Å². The van der Waals surface area contributed by atoms with Crippen molar-refractivity contribution < 1.29 is 9.84 Å². The molecule has 0 aliphatic heterocycles. The van der Waals surface area contributed by atoms with Gasteiger partial charge in [0.1, 0.15) is 5.82 Å². The molecule has 0 saturated carbocycles. The normalized spacial score (nSPS) is 10.9.